The van der Waals surface area contributed by atoms with Gasteiger partial charge in [-0.2, -0.15) is 0 Å². The average molecular weight is 321 g/mol. The molecule has 2 aromatic carbocycles. The molecule has 5 heteroatoms. The lowest BCUT2D eigenvalue weighted by Crippen LogP contribution is -2.04. The van der Waals surface area contributed by atoms with Crippen LogP contribution in [0.15, 0.2) is 47.4 Å². The molecule has 2 rings (SSSR count). The van der Waals surface area contributed by atoms with E-state index in [4.69, 9.17) is 16.7 Å². The lowest BCUT2D eigenvalue weighted by Gasteiger charge is -2.06. The van der Waals surface area contributed by atoms with E-state index in [1.54, 1.807) is 18.2 Å². The van der Waals surface area contributed by atoms with Crippen LogP contribution in [0.3, 0.4) is 0 Å². The third-order valence-corrected chi connectivity index (χ3v) is 4.18. The predicted molar refractivity (Wildman–Crippen MR) is 84.6 cm³/mol. The van der Waals surface area contributed by atoms with Crippen LogP contribution in [-0.2, 0) is 0 Å². The molecule has 0 bridgehead atoms. The quantitative estimate of drug-likeness (QED) is 0.658. The van der Waals surface area contributed by atoms with Crippen LogP contribution in [0.4, 0.5) is 0 Å². The summed E-state index contributed by atoms with van der Waals surface area (Å²) in [7, 11) is 0. The highest BCUT2D eigenvalue weighted by atomic mass is 35.5. The van der Waals surface area contributed by atoms with E-state index in [9.17, 15) is 9.59 Å². The number of aryl methyl sites for hydroxylation is 1. The van der Waals surface area contributed by atoms with Gasteiger partial charge in [-0.05, 0) is 31.2 Å². The Morgan fingerprint density at radius 3 is 2.62 bits per heavy atom. The highest BCUT2D eigenvalue weighted by Gasteiger charge is 2.13. The molecule has 3 nitrogen and oxygen atoms in total. The summed E-state index contributed by atoms with van der Waals surface area (Å²) in [4.78, 5) is 23.8. The van der Waals surface area contributed by atoms with E-state index < -0.39 is 5.97 Å². The fourth-order valence-corrected chi connectivity index (χ4v) is 2.93. The third kappa shape index (κ3) is 4.09. The molecule has 0 unspecified atom stereocenters. The summed E-state index contributed by atoms with van der Waals surface area (Å²) in [6.07, 6.45) is 0. The first-order valence-electron chi connectivity index (χ1n) is 6.23. The SMILES string of the molecule is Cc1cccc(C(=O)CSc2ccc(Cl)cc2C(=O)O)c1. The monoisotopic (exact) mass is 320 g/mol. The zero-order valence-corrected chi connectivity index (χ0v) is 12.9. The van der Waals surface area contributed by atoms with Gasteiger partial charge < -0.3 is 5.11 Å². The summed E-state index contributed by atoms with van der Waals surface area (Å²) < 4.78 is 0. The summed E-state index contributed by atoms with van der Waals surface area (Å²) in [6, 6.07) is 12.0. The average Bonchev–Trinajstić information content (AvgIpc) is 2.45. The van der Waals surface area contributed by atoms with Crippen molar-refractivity contribution >= 4 is 35.1 Å². The van der Waals surface area contributed by atoms with Gasteiger partial charge in [0.25, 0.3) is 0 Å². The number of ketones is 1. The van der Waals surface area contributed by atoms with Crippen LogP contribution in [0.2, 0.25) is 5.02 Å². The first kappa shape index (κ1) is 15.6. The number of Topliss-reactive ketones (excluding diaryl/α,β-unsaturated/α-hetero) is 1. The Balaban J connectivity index is 2.13. The van der Waals surface area contributed by atoms with Crippen molar-refractivity contribution in [2.45, 2.75) is 11.8 Å². The first-order chi connectivity index (χ1) is 9.97. The number of rotatable bonds is 5. The Morgan fingerprint density at radius 1 is 1.19 bits per heavy atom. The van der Waals surface area contributed by atoms with Gasteiger partial charge in [-0.25, -0.2) is 4.79 Å². The van der Waals surface area contributed by atoms with Gasteiger partial charge in [0.1, 0.15) is 0 Å². The Kier molecular flexibility index (Phi) is 5.04. The molecule has 0 atom stereocenters. The number of thioether (sulfide) groups is 1. The fraction of sp³-hybridized carbons (Fsp3) is 0.125. The molecule has 1 N–H and O–H groups in total. The van der Waals surface area contributed by atoms with E-state index in [-0.39, 0.29) is 17.1 Å². The number of halogens is 1. The number of carbonyl (C=O) groups is 2. The van der Waals surface area contributed by atoms with Gasteiger partial charge in [0.2, 0.25) is 0 Å². The molecular weight excluding hydrogens is 308 g/mol. The van der Waals surface area contributed by atoms with Crippen molar-refractivity contribution in [2.24, 2.45) is 0 Å². The molecule has 2 aromatic rings. The summed E-state index contributed by atoms with van der Waals surface area (Å²) in [5.41, 5.74) is 1.77. The third-order valence-electron chi connectivity index (χ3n) is 2.87. The Morgan fingerprint density at radius 2 is 1.95 bits per heavy atom. The maximum absolute atomic E-state index is 12.1. The summed E-state index contributed by atoms with van der Waals surface area (Å²) >= 11 is 7.00. The molecule has 0 fully saturated rings. The van der Waals surface area contributed by atoms with Crippen LogP contribution in [-0.4, -0.2) is 22.6 Å². The van der Waals surface area contributed by atoms with Crippen molar-refractivity contribution in [1.29, 1.82) is 0 Å². The van der Waals surface area contributed by atoms with Crippen molar-refractivity contribution in [1.82, 2.24) is 0 Å². The summed E-state index contributed by atoms with van der Waals surface area (Å²) in [5, 5.41) is 9.51. The van der Waals surface area contributed by atoms with Crippen molar-refractivity contribution in [2.75, 3.05) is 5.75 Å². The second-order valence-electron chi connectivity index (χ2n) is 4.53. The zero-order chi connectivity index (χ0) is 15.4. The zero-order valence-electron chi connectivity index (χ0n) is 11.3. The second kappa shape index (κ2) is 6.78. The van der Waals surface area contributed by atoms with Crippen molar-refractivity contribution in [3.8, 4) is 0 Å². The molecule has 0 aromatic heterocycles. The van der Waals surface area contributed by atoms with Crippen LogP contribution in [0.5, 0.6) is 0 Å². The molecule has 0 saturated carbocycles. The van der Waals surface area contributed by atoms with Gasteiger partial charge >= 0.3 is 5.97 Å². The number of aromatic carboxylic acids is 1. The summed E-state index contributed by atoms with van der Waals surface area (Å²) in [6.45, 7) is 1.92. The summed E-state index contributed by atoms with van der Waals surface area (Å²) in [5.74, 6) is -0.899. The molecule has 0 radical (unpaired) electrons. The van der Waals surface area contributed by atoms with Crippen LogP contribution in [0.25, 0.3) is 0 Å². The van der Waals surface area contributed by atoms with E-state index in [2.05, 4.69) is 0 Å². The molecule has 0 spiro atoms. The Hall–Kier alpha value is -1.78. The van der Waals surface area contributed by atoms with E-state index in [1.165, 1.54) is 17.8 Å². The maximum atomic E-state index is 12.1. The molecule has 0 aliphatic carbocycles. The second-order valence-corrected chi connectivity index (χ2v) is 5.98. The van der Waals surface area contributed by atoms with Gasteiger partial charge in [0.15, 0.2) is 5.78 Å². The Bertz CT molecular complexity index is 698. The number of carboxylic acid groups (broad SMARTS) is 1. The van der Waals surface area contributed by atoms with Gasteiger partial charge in [0, 0.05) is 15.5 Å². The standard InChI is InChI=1S/C16H13ClO3S/c1-10-3-2-4-11(7-10)14(18)9-21-15-6-5-12(17)8-13(15)16(19)20/h2-8H,9H2,1H3,(H,19,20). The fourth-order valence-electron chi connectivity index (χ4n) is 1.84. The minimum atomic E-state index is -1.05. The normalized spacial score (nSPS) is 10.4. The largest absolute Gasteiger partial charge is 0.478 e. The molecule has 0 saturated heterocycles. The minimum absolute atomic E-state index is 0.0324. The van der Waals surface area contributed by atoms with E-state index in [0.717, 1.165) is 5.56 Å². The van der Waals surface area contributed by atoms with Gasteiger partial charge in [-0.15, -0.1) is 11.8 Å². The number of carboxylic acids is 1. The van der Waals surface area contributed by atoms with Crippen molar-refractivity contribution in [3.05, 3.63) is 64.2 Å². The smallest absolute Gasteiger partial charge is 0.336 e. The highest BCUT2D eigenvalue weighted by molar-refractivity contribution is 8.00. The maximum Gasteiger partial charge on any atom is 0.336 e. The minimum Gasteiger partial charge on any atom is -0.478 e. The molecule has 21 heavy (non-hydrogen) atoms. The number of hydrogen-bond donors (Lipinski definition) is 1. The van der Waals surface area contributed by atoms with E-state index in [0.29, 0.717) is 15.5 Å². The number of carbonyl (C=O) groups excluding carboxylic acids is 1. The molecule has 0 heterocycles. The van der Waals surface area contributed by atoms with Gasteiger partial charge in [-0.3, -0.25) is 4.79 Å². The highest BCUT2D eigenvalue weighted by Crippen LogP contribution is 2.26. The lowest BCUT2D eigenvalue weighted by molar-refractivity contribution is 0.0692. The lowest BCUT2D eigenvalue weighted by atomic mass is 10.1. The van der Waals surface area contributed by atoms with Crippen LogP contribution in [0, 0.1) is 6.92 Å². The molecule has 0 aliphatic heterocycles. The Labute approximate surface area is 131 Å². The predicted octanol–water partition coefficient (Wildman–Crippen LogP) is 4.32. The number of benzene rings is 2. The van der Waals surface area contributed by atoms with E-state index >= 15 is 0 Å². The topological polar surface area (TPSA) is 54.4 Å². The molecule has 108 valence electrons. The number of hydrogen-bond acceptors (Lipinski definition) is 3. The van der Waals surface area contributed by atoms with Crippen LogP contribution in [0.1, 0.15) is 26.3 Å². The van der Waals surface area contributed by atoms with Crippen molar-refractivity contribution in [3.63, 3.8) is 0 Å². The van der Waals surface area contributed by atoms with Crippen LogP contribution >= 0.6 is 23.4 Å². The van der Waals surface area contributed by atoms with Crippen LogP contribution < -0.4 is 0 Å². The van der Waals surface area contributed by atoms with Gasteiger partial charge in [-0.1, -0.05) is 35.4 Å². The first-order valence-corrected chi connectivity index (χ1v) is 7.59. The van der Waals surface area contributed by atoms with Gasteiger partial charge in [0.05, 0.1) is 11.3 Å². The molecular formula is C16H13ClO3S. The van der Waals surface area contributed by atoms with Crippen molar-refractivity contribution < 1.29 is 14.7 Å². The molecule has 0 aliphatic rings. The van der Waals surface area contributed by atoms with E-state index in [1.807, 2.05) is 25.1 Å². The molecule has 0 amide bonds.